The Bertz CT molecular complexity index is 1400. The second kappa shape index (κ2) is 9.84. The quantitative estimate of drug-likeness (QED) is 0.320. The van der Waals surface area contributed by atoms with Crippen molar-refractivity contribution < 1.29 is 4.79 Å². The molecule has 36 heavy (non-hydrogen) atoms. The molecule has 0 radical (unpaired) electrons. The Labute approximate surface area is 213 Å². The zero-order valence-corrected chi connectivity index (χ0v) is 21.2. The topological polar surface area (TPSA) is 132 Å². The van der Waals surface area contributed by atoms with Gasteiger partial charge in [-0.25, -0.2) is 9.97 Å². The molecule has 11 nitrogen and oxygen atoms in total. The highest BCUT2D eigenvalue weighted by Gasteiger charge is 2.28. The van der Waals surface area contributed by atoms with Crippen LogP contribution >= 0.6 is 11.6 Å². The first-order valence-electron chi connectivity index (χ1n) is 11.8. The number of H-pyrrole nitrogens is 1. The number of halogens is 1. The van der Waals surface area contributed by atoms with Crippen LogP contribution in [0.2, 0.25) is 5.02 Å². The number of aldehydes is 1. The number of nitrogens with two attached hydrogens (primary N) is 1. The first-order valence-corrected chi connectivity index (χ1v) is 12.2. The number of hydrogen-bond acceptors (Lipinski definition) is 10. The van der Waals surface area contributed by atoms with Gasteiger partial charge in [0.25, 0.3) is 0 Å². The molecule has 1 unspecified atom stereocenters. The molecule has 5 rings (SSSR count). The van der Waals surface area contributed by atoms with Gasteiger partial charge in [0.05, 0.1) is 22.9 Å². The molecule has 188 valence electrons. The first kappa shape index (κ1) is 24.2. The Morgan fingerprint density at radius 3 is 2.69 bits per heavy atom. The van der Waals surface area contributed by atoms with Crippen LogP contribution in [0.25, 0.3) is 22.1 Å². The van der Waals surface area contributed by atoms with E-state index >= 15 is 0 Å². The number of nitrogens with zero attached hydrogens (tertiary/aromatic N) is 7. The van der Waals surface area contributed by atoms with Gasteiger partial charge in [-0.05, 0) is 33.2 Å². The highest BCUT2D eigenvalue weighted by molar-refractivity contribution is 6.35. The van der Waals surface area contributed by atoms with E-state index in [0.717, 1.165) is 54.7 Å². The number of carbonyl (C=O) groups excluding carboxylic acids is 1. The van der Waals surface area contributed by atoms with Crippen molar-refractivity contribution in [2.24, 2.45) is 0 Å². The lowest BCUT2D eigenvalue weighted by molar-refractivity contribution is -0.117. The molecule has 0 amide bonds. The number of aromatic amines is 1. The van der Waals surface area contributed by atoms with Gasteiger partial charge in [-0.2, -0.15) is 9.97 Å². The van der Waals surface area contributed by atoms with E-state index in [2.05, 4.69) is 48.0 Å². The minimum Gasteiger partial charge on any atom is -0.368 e. The van der Waals surface area contributed by atoms with Crippen molar-refractivity contribution in [2.75, 3.05) is 56.2 Å². The number of piperazine rings is 1. The average Bonchev–Trinajstić information content (AvgIpc) is 3.33. The molecule has 1 aliphatic heterocycles. The number of fused-ring (bicyclic) bond motifs is 2. The predicted octanol–water partition coefficient (Wildman–Crippen LogP) is 2.52. The minimum absolute atomic E-state index is 0.148. The second-order valence-corrected chi connectivity index (χ2v) is 9.55. The summed E-state index contributed by atoms with van der Waals surface area (Å²) in [5.74, 6) is 1.57. The van der Waals surface area contributed by atoms with E-state index in [1.54, 1.807) is 6.33 Å². The molecule has 3 aromatic heterocycles. The molecule has 0 saturated carbocycles. The number of hydrogen-bond donors (Lipinski definition) is 3. The molecular formula is C24H29ClN10O. The van der Waals surface area contributed by atoms with Gasteiger partial charge < -0.3 is 25.7 Å². The van der Waals surface area contributed by atoms with E-state index < -0.39 is 0 Å². The summed E-state index contributed by atoms with van der Waals surface area (Å²) < 4.78 is 0. The van der Waals surface area contributed by atoms with E-state index in [1.807, 2.05) is 37.2 Å². The van der Waals surface area contributed by atoms with Gasteiger partial charge in [0.1, 0.15) is 17.5 Å². The fraction of sp³-hybridized carbons (Fsp3) is 0.375. The van der Waals surface area contributed by atoms with Crippen LogP contribution in [0.3, 0.4) is 0 Å². The maximum Gasteiger partial charge on any atom is 0.224 e. The molecule has 2 atom stereocenters. The van der Waals surface area contributed by atoms with E-state index in [1.165, 1.54) is 0 Å². The van der Waals surface area contributed by atoms with Crippen LogP contribution in [-0.2, 0) is 4.79 Å². The summed E-state index contributed by atoms with van der Waals surface area (Å²) in [5, 5.41) is 5.03. The Hall–Kier alpha value is -3.54. The van der Waals surface area contributed by atoms with E-state index in [-0.39, 0.29) is 18.2 Å². The third-order valence-corrected chi connectivity index (χ3v) is 6.87. The molecule has 0 bridgehead atoms. The van der Waals surface area contributed by atoms with Crippen molar-refractivity contribution in [3.63, 3.8) is 0 Å². The summed E-state index contributed by atoms with van der Waals surface area (Å²) in [7, 11) is 3.83. The number of aromatic nitrogens is 5. The standard InChI is InChI=1S/C24H29ClN10O/c1-14(29-22-20-21(28-13-27-20)31-24(26)32-22)16-11-15-5-4-6-17(25)19(15)30-23(16)35-9-7-34(8-10-35)18(12-36)33(2)3/h4-6,11-14,18H,7-10H2,1-3H3,(H4,26,27,28,29,31,32)/t14-,18?/m0/s1. The Balaban J connectivity index is 1.50. The van der Waals surface area contributed by atoms with Crippen LogP contribution in [-0.4, -0.2) is 87.4 Å². The fourth-order valence-electron chi connectivity index (χ4n) is 4.71. The molecule has 4 aromatic rings. The molecule has 1 aliphatic rings. The SMILES string of the molecule is C[C@H](Nc1nc(N)nc2nc[nH]c12)c1cc2cccc(Cl)c2nc1N1CCN(C(C=O)N(C)C)CC1. The van der Waals surface area contributed by atoms with E-state index in [9.17, 15) is 4.79 Å². The van der Waals surface area contributed by atoms with Crippen molar-refractivity contribution in [1.82, 2.24) is 34.7 Å². The molecule has 1 aromatic carbocycles. The monoisotopic (exact) mass is 508 g/mol. The number of benzene rings is 1. The lowest BCUT2D eigenvalue weighted by Gasteiger charge is -2.40. The molecule has 12 heteroatoms. The molecule has 0 spiro atoms. The number of pyridine rings is 1. The van der Waals surface area contributed by atoms with E-state index in [4.69, 9.17) is 22.3 Å². The molecule has 1 fully saturated rings. The second-order valence-electron chi connectivity index (χ2n) is 9.15. The summed E-state index contributed by atoms with van der Waals surface area (Å²) >= 11 is 6.53. The Morgan fingerprint density at radius 1 is 1.19 bits per heavy atom. The minimum atomic E-state index is -0.244. The Morgan fingerprint density at radius 2 is 1.97 bits per heavy atom. The maximum absolute atomic E-state index is 11.6. The van der Waals surface area contributed by atoms with Crippen LogP contribution in [0.4, 0.5) is 17.6 Å². The molecule has 1 saturated heterocycles. The number of para-hydroxylation sites is 1. The number of nitrogens with one attached hydrogen (secondary N) is 2. The lowest BCUT2D eigenvalue weighted by Crippen LogP contribution is -2.55. The number of likely N-dealkylation sites (N-methyl/N-ethyl adjacent to an activating group) is 1. The van der Waals surface area contributed by atoms with Crippen LogP contribution in [0.1, 0.15) is 18.5 Å². The molecular weight excluding hydrogens is 480 g/mol. The van der Waals surface area contributed by atoms with Gasteiger partial charge in [0.15, 0.2) is 17.8 Å². The first-order chi connectivity index (χ1) is 17.4. The van der Waals surface area contributed by atoms with Crippen molar-refractivity contribution in [3.8, 4) is 0 Å². The van der Waals surface area contributed by atoms with Gasteiger partial charge >= 0.3 is 0 Å². The van der Waals surface area contributed by atoms with Gasteiger partial charge in [-0.15, -0.1) is 0 Å². The lowest BCUT2D eigenvalue weighted by atomic mass is 10.0. The van der Waals surface area contributed by atoms with Crippen LogP contribution in [0, 0.1) is 0 Å². The smallest absolute Gasteiger partial charge is 0.224 e. The highest BCUT2D eigenvalue weighted by Crippen LogP contribution is 2.34. The Kier molecular flexibility index (Phi) is 6.61. The summed E-state index contributed by atoms with van der Waals surface area (Å²) in [4.78, 5) is 38.9. The number of carbonyl (C=O) groups is 1. The number of imidazole rings is 1. The fourth-order valence-corrected chi connectivity index (χ4v) is 4.93. The average molecular weight is 509 g/mol. The number of anilines is 3. The number of nitrogen functional groups attached to an aromatic ring is 1. The maximum atomic E-state index is 11.6. The largest absolute Gasteiger partial charge is 0.368 e. The molecule has 0 aliphatic carbocycles. The summed E-state index contributed by atoms with van der Waals surface area (Å²) in [6.07, 6.45) is 2.32. The summed E-state index contributed by atoms with van der Waals surface area (Å²) in [6.45, 7) is 4.99. The summed E-state index contributed by atoms with van der Waals surface area (Å²) in [5.41, 5.74) is 8.87. The zero-order valence-electron chi connectivity index (χ0n) is 20.4. The normalized spacial score (nSPS) is 16.5. The summed E-state index contributed by atoms with van der Waals surface area (Å²) in [6, 6.07) is 7.74. The molecule has 4 heterocycles. The van der Waals surface area contributed by atoms with Gasteiger partial charge in [0.2, 0.25) is 5.95 Å². The third kappa shape index (κ3) is 4.52. The van der Waals surface area contributed by atoms with Crippen molar-refractivity contribution in [2.45, 2.75) is 19.1 Å². The van der Waals surface area contributed by atoms with E-state index in [0.29, 0.717) is 22.0 Å². The zero-order chi connectivity index (χ0) is 25.4. The van der Waals surface area contributed by atoms with Gasteiger partial charge in [-0.1, -0.05) is 23.7 Å². The van der Waals surface area contributed by atoms with Crippen molar-refractivity contribution in [3.05, 3.63) is 41.2 Å². The van der Waals surface area contributed by atoms with Gasteiger partial charge in [-0.3, -0.25) is 9.80 Å². The highest BCUT2D eigenvalue weighted by atomic mass is 35.5. The van der Waals surface area contributed by atoms with Crippen LogP contribution in [0.15, 0.2) is 30.6 Å². The van der Waals surface area contributed by atoms with Crippen molar-refractivity contribution in [1.29, 1.82) is 0 Å². The van der Waals surface area contributed by atoms with Crippen LogP contribution < -0.4 is 16.0 Å². The molecule has 4 N–H and O–H groups in total. The number of rotatable bonds is 7. The third-order valence-electron chi connectivity index (χ3n) is 6.57. The van der Waals surface area contributed by atoms with Gasteiger partial charge in [0, 0.05) is 37.1 Å². The predicted molar refractivity (Wildman–Crippen MR) is 142 cm³/mol. The van der Waals surface area contributed by atoms with Crippen LogP contribution in [0.5, 0.6) is 0 Å². The van der Waals surface area contributed by atoms with Crippen molar-refractivity contribution >= 4 is 57.5 Å².